The van der Waals surface area contributed by atoms with Gasteiger partial charge in [0.15, 0.2) is 18.1 Å². The molecule has 0 aliphatic heterocycles. The summed E-state index contributed by atoms with van der Waals surface area (Å²) in [5, 5.41) is 2.73. The van der Waals surface area contributed by atoms with Crippen molar-refractivity contribution in [2.45, 2.75) is 6.42 Å². The largest absolute Gasteiger partial charge is 0.493 e. The maximum absolute atomic E-state index is 12.0. The molecule has 0 bridgehead atoms. The highest BCUT2D eigenvalue weighted by Gasteiger charge is 2.12. The molecule has 0 atom stereocenters. The first-order valence-corrected chi connectivity index (χ1v) is 9.02. The maximum atomic E-state index is 12.0. The van der Waals surface area contributed by atoms with Crippen LogP contribution in [0.5, 0.6) is 11.5 Å². The van der Waals surface area contributed by atoms with Gasteiger partial charge in [0.1, 0.15) is 0 Å². The average molecular weight is 469 g/mol. The molecule has 2 aromatic rings. The molecule has 0 heterocycles. The van der Waals surface area contributed by atoms with Crippen molar-refractivity contribution in [3.63, 3.8) is 0 Å². The van der Waals surface area contributed by atoms with Crippen LogP contribution in [0, 0.1) is 3.57 Å². The Bertz CT molecular complexity index is 778. The summed E-state index contributed by atoms with van der Waals surface area (Å²) in [5.41, 5.74) is 1.45. The van der Waals surface area contributed by atoms with Gasteiger partial charge >= 0.3 is 5.97 Å². The molecule has 1 N–H and O–H groups in total. The first kappa shape index (κ1) is 20.0. The molecule has 2 aromatic carbocycles. The van der Waals surface area contributed by atoms with Gasteiger partial charge in [-0.15, -0.1) is 0 Å². The highest BCUT2D eigenvalue weighted by Crippen LogP contribution is 2.27. The van der Waals surface area contributed by atoms with Crippen LogP contribution < -0.4 is 14.8 Å². The van der Waals surface area contributed by atoms with Crippen molar-refractivity contribution in [1.82, 2.24) is 5.32 Å². The average Bonchev–Trinajstić information content (AvgIpc) is 2.66. The lowest BCUT2D eigenvalue weighted by molar-refractivity contribution is -0.124. The van der Waals surface area contributed by atoms with Crippen LogP contribution in [0.25, 0.3) is 0 Å². The van der Waals surface area contributed by atoms with Crippen LogP contribution in [0.3, 0.4) is 0 Å². The van der Waals surface area contributed by atoms with E-state index in [0.29, 0.717) is 30.0 Å². The Hall–Kier alpha value is -2.29. The predicted molar refractivity (Wildman–Crippen MR) is 106 cm³/mol. The molecule has 1 amide bonds. The summed E-state index contributed by atoms with van der Waals surface area (Å²) >= 11 is 2.05. The fourth-order valence-corrected chi connectivity index (χ4v) is 2.88. The fourth-order valence-electron chi connectivity index (χ4n) is 2.27. The van der Waals surface area contributed by atoms with Gasteiger partial charge in [-0.1, -0.05) is 18.2 Å². The van der Waals surface area contributed by atoms with Crippen molar-refractivity contribution in [2.24, 2.45) is 0 Å². The van der Waals surface area contributed by atoms with Gasteiger partial charge in [0.2, 0.25) is 0 Å². The lowest BCUT2D eigenvalue weighted by Gasteiger charge is -2.10. The Balaban J connectivity index is 1.77. The second-order valence-electron chi connectivity index (χ2n) is 5.35. The fraction of sp³-hybridized carbons (Fsp3) is 0.263. The summed E-state index contributed by atoms with van der Waals surface area (Å²) in [6.07, 6.45) is 0.622. The van der Waals surface area contributed by atoms with E-state index in [-0.39, 0.29) is 12.5 Å². The number of esters is 1. The standard InChI is InChI=1S/C19H20INO5/c1-24-16-8-7-13(11-17(16)25-2)9-10-21-18(22)12-26-19(23)14-5-3-4-6-15(14)20/h3-8,11H,9-10,12H2,1-2H3,(H,21,22). The second kappa shape index (κ2) is 10.0. The van der Waals surface area contributed by atoms with E-state index in [1.165, 1.54) is 0 Å². The topological polar surface area (TPSA) is 73.9 Å². The number of rotatable bonds is 8. The van der Waals surface area contributed by atoms with Crippen molar-refractivity contribution in [3.8, 4) is 11.5 Å². The first-order chi connectivity index (χ1) is 12.5. The Labute approximate surface area is 166 Å². The van der Waals surface area contributed by atoms with Crippen LogP contribution in [-0.2, 0) is 16.0 Å². The van der Waals surface area contributed by atoms with Crippen LogP contribution in [-0.4, -0.2) is 39.2 Å². The first-order valence-electron chi connectivity index (χ1n) is 7.94. The molecule has 0 aliphatic carbocycles. The van der Waals surface area contributed by atoms with Crippen molar-refractivity contribution in [1.29, 1.82) is 0 Å². The maximum Gasteiger partial charge on any atom is 0.339 e. The number of hydrogen-bond donors (Lipinski definition) is 1. The third-order valence-electron chi connectivity index (χ3n) is 3.61. The third-order valence-corrected chi connectivity index (χ3v) is 4.55. The number of carbonyl (C=O) groups is 2. The number of methoxy groups -OCH3 is 2. The zero-order valence-electron chi connectivity index (χ0n) is 14.6. The van der Waals surface area contributed by atoms with E-state index in [2.05, 4.69) is 27.9 Å². The van der Waals surface area contributed by atoms with Gasteiger partial charge in [-0.05, 0) is 58.8 Å². The normalized spacial score (nSPS) is 10.1. The van der Waals surface area contributed by atoms with Crippen LogP contribution in [0.15, 0.2) is 42.5 Å². The molecule has 0 spiro atoms. The minimum atomic E-state index is -0.509. The quantitative estimate of drug-likeness (QED) is 0.476. The summed E-state index contributed by atoms with van der Waals surface area (Å²) in [6.45, 7) is 0.116. The smallest absolute Gasteiger partial charge is 0.339 e. The van der Waals surface area contributed by atoms with Crippen molar-refractivity contribution in [3.05, 3.63) is 57.2 Å². The summed E-state index contributed by atoms with van der Waals surface area (Å²) in [4.78, 5) is 23.8. The number of amides is 1. The molecule has 0 aliphatic rings. The number of nitrogens with one attached hydrogen (secondary N) is 1. The van der Waals surface area contributed by atoms with Crippen LogP contribution in [0.1, 0.15) is 15.9 Å². The molecule has 0 saturated carbocycles. The minimum absolute atomic E-state index is 0.310. The van der Waals surface area contributed by atoms with Crippen LogP contribution in [0.2, 0.25) is 0 Å². The minimum Gasteiger partial charge on any atom is -0.493 e. The van der Waals surface area contributed by atoms with E-state index < -0.39 is 5.97 Å². The van der Waals surface area contributed by atoms with Gasteiger partial charge in [0, 0.05) is 10.1 Å². The number of hydrogen-bond acceptors (Lipinski definition) is 5. The number of carbonyl (C=O) groups excluding carboxylic acids is 2. The lowest BCUT2D eigenvalue weighted by Crippen LogP contribution is -2.30. The summed E-state index contributed by atoms with van der Waals surface area (Å²) < 4.78 is 16.3. The van der Waals surface area contributed by atoms with Crippen LogP contribution >= 0.6 is 22.6 Å². The molecule has 0 aromatic heterocycles. The third kappa shape index (κ3) is 5.62. The summed E-state index contributed by atoms with van der Waals surface area (Å²) in [5.74, 6) is 0.445. The lowest BCUT2D eigenvalue weighted by atomic mass is 10.1. The van der Waals surface area contributed by atoms with Gasteiger partial charge in [-0.2, -0.15) is 0 Å². The molecule has 7 heteroatoms. The van der Waals surface area contributed by atoms with E-state index in [1.54, 1.807) is 32.4 Å². The number of ether oxygens (including phenoxy) is 3. The van der Waals surface area contributed by atoms with Gasteiger partial charge in [-0.25, -0.2) is 4.79 Å². The van der Waals surface area contributed by atoms with Gasteiger partial charge < -0.3 is 19.5 Å². The van der Waals surface area contributed by atoms with E-state index >= 15 is 0 Å². The molecule has 2 rings (SSSR count). The molecule has 0 saturated heterocycles. The second-order valence-corrected chi connectivity index (χ2v) is 6.51. The van der Waals surface area contributed by atoms with E-state index in [0.717, 1.165) is 9.13 Å². The van der Waals surface area contributed by atoms with E-state index in [1.807, 2.05) is 24.3 Å². The Kier molecular flexibility index (Phi) is 7.71. The van der Waals surface area contributed by atoms with Gasteiger partial charge in [0.25, 0.3) is 5.91 Å². The molecular formula is C19H20INO5. The van der Waals surface area contributed by atoms with E-state index in [9.17, 15) is 9.59 Å². The Morgan fingerprint density at radius 3 is 2.46 bits per heavy atom. The molecule has 0 radical (unpaired) electrons. The zero-order valence-corrected chi connectivity index (χ0v) is 16.7. The van der Waals surface area contributed by atoms with Crippen LogP contribution in [0.4, 0.5) is 0 Å². The Morgan fingerprint density at radius 1 is 1.04 bits per heavy atom. The van der Waals surface area contributed by atoms with Crippen molar-refractivity contribution >= 4 is 34.5 Å². The molecule has 26 heavy (non-hydrogen) atoms. The summed E-state index contributed by atoms with van der Waals surface area (Å²) in [7, 11) is 3.15. The molecule has 0 unspecified atom stereocenters. The SMILES string of the molecule is COc1ccc(CCNC(=O)COC(=O)c2ccccc2I)cc1OC. The number of benzene rings is 2. The van der Waals surface area contributed by atoms with Crippen molar-refractivity contribution < 1.29 is 23.8 Å². The molecule has 0 fully saturated rings. The highest BCUT2D eigenvalue weighted by atomic mass is 127. The Morgan fingerprint density at radius 2 is 1.77 bits per heavy atom. The number of halogens is 1. The van der Waals surface area contributed by atoms with Gasteiger partial charge in [0.05, 0.1) is 19.8 Å². The van der Waals surface area contributed by atoms with Crippen molar-refractivity contribution in [2.75, 3.05) is 27.4 Å². The molecular weight excluding hydrogens is 449 g/mol. The highest BCUT2D eigenvalue weighted by molar-refractivity contribution is 14.1. The monoisotopic (exact) mass is 469 g/mol. The molecule has 138 valence electrons. The summed E-state index contributed by atoms with van der Waals surface area (Å²) in [6, 6.07) is 12.6. The van der Waals surface area contributed by atoms with E-state index in [4.69, 9.17) is 14.2 Å². The predicted octanol–water partition coefficient (Wildman–Crippen LogP) is 2.82. The molecule has 6 nitrogen and oxygen atoms in total. The zero-order chi connectivity index (χ0) is 18.9. The van der Waals surface area contributed by atoms with Gasteiger partial charge in [-0.3, -0.25) is 4.79 Å².